The fraction of sp³-hybridized carbons (Fsp3) is 0.290. The second-order valence-corrected chi connectivity index (χ2v) is 12.2. The van der Waals surface area contributed by atoms with E-state index in [0.29, 0.717) is 62.6 Å². The average molecular weight is 573 g/mol. The maximum atomic E-state index is 13.9. The predicted octanol–water partition coefficient (Wildman–Crippen LogP) is 4.38. The number of imidazole rings is 1. The Kier molecular flexibility index (Phi) is 7.51. The first-order valence-corrected chi connectivity index (χ1v) is 15.2. The first kappa shape index (κ1) is 27.0. The van der Waals surface area contributed by atoms with Crippen LogP contribution in [-0.4, -0.2) is 47.9 Å². The third-order valence-electron chi connectivity index (χ3n) is 7.44. The van der Waals surface area contributed by atoms with Gasteiger partial charge in [0.2, 0.25) is 5.91 Å². The monoisotopic (exact) mass is 572 g/mol. The van der Waals surface area contributed by atoms with Crippen LogP contribution in [0.2, 0.25) is 0 Å². The molecule has 4 aromatic rings. The molecule has 0 spiro atoms. The Morgan fingerprint density at radius 1 is 0.951 bits per heavy atom. The summed E-state index contributed by atoms with van der Waals surface area (Å²) in [5, 5.41) is 2.97. The molecular weight excluding hydrogens is 540 g/mol. The van der Waals surface area contributed by atoms with Gasteiger partial charge in [-0.25, -0.2) is 13.4 Å². The van der Waals surface area contributed by atoms with Gasteiger partial charge in [0.15, 0.2) is 5.03 Å². The average Bonchev–Trinajstić information content (AvgIpc) is 3.43. The van der Waals surface area contributed by atoms with E-state index in [0.717, 1.165) is 22.3 Å². The van der Waals surface area contributed by atoms with Crippen LogP contribution in [-0.2, 0) is 34.7 Å². The lowest BCUT2D eigenvalue weighted by molar-refractivity contribution is -0.121. The number of amides is 1. The number of nitrogens with zero attached hydrogens (tertiary/aromatic N) is 3. The van der Waals surface area contributed by atoms with E-state index in [1.165, 1.54) is 16.8 Å². The van der Waals surface area contributed by atoms with Gasteiger partial charge in [0, 0.05) is 32.8 Å². The molecule has 1 aromatic heterocycles. The second-order valence-electron chi connectivity index (χ2n) is 10.4. The number of ether oxygens (including phenoxy) is 2. The van der Waals surface area contributed by atoms with Crippen LogP contribution in [0.4, 0.5) is 0 Å². The Hall–Kier alpha value is -4.15. The van der Waals surface area contributed by atoms with Gasteiger partial charge >= 0.3 is 0 Å². The fourth-order valence-electron chi connectivity index (χ4n) is 5.36. The molecular formula is C31H32N4O5S. The molecule has 0 aliphatic carbocycles. The summed E-state index contributed by atoms with van der Waals surface area (Å²) in [6, 6.07) is 20.6. The van der Waals surface area contributed by atoms with Crippen molar-refractivity contribution in [2.75, 3.05) is 19.7 Å². The maximum absolute atomic E-state index is 13.9. The molecule has 0 saturated heterocycles. The van der Waals surface area contributed by atoms with Crippen molar-refractivity contribution in [1.29, 1.82) is 0 Å². The topological polar surface area (TPSA) is 103 Å². The lowest BCUT2D eigenvalue weighted by atomic mass is 9.89. The molecule has 8 bridgehead atoms. The van der Waals surface area contributed by atoms with Gasteiger partial charge in [0.1, 0.15) is 17.2 Å². The largest absolute Gasteiger partial charge is 0.494 e. The molecule has 1 unspecified atom stereocenters. The molecule has 5 aliphatic rings. The number of nitrogens with one attached hydrogen (secondary N) is 1. The van der Waals surface area contributed by atoms with Crippen LogP contribution in [0.15, 0.2) is 84.3 Å². The number of aromatic nitrogens is 2. The third-order valence-corrected chi connectivity index (χ3v) is 9.19. The zero-order valence-electron chi connectivity index (χ0n) is 22.8. The van der Waals surface area contributed by atoms with Crippen molar-refractivity contribution in [3.8, 4) is 17.2 Å². The van der Waals surface area contributed by atoms with E-state index in [1.807, 2.05) is 66.7 Å². The molecule has 1 N–H and O–H groups in total. The number of benzene rings is 3. The molecule has 1 atom stereocenters. The van der Waals surface area contributed by atoms with E-state index in [1.54, 1.807) is 11.6 Å². The number of carbonyl (C=O) groups excluding carboxylic acids is 1. The van der Waals surface area contributed by atoms with Gasteiger partial charge in [-0.3, -0.25) is 4.79 Å². The number of aryl methyl sites for hydroxylation is 2. The summed E-state index contributed by atoms with van der Waals surface area (Å²) in [4.78, 5) is 16.5. The lowest BCUT2D eigenvalue weighted by Gasteiger charge is -2.36. The van der Waals surface area contributed by atoms with Gasteiger partial charge in [-0.2, -0.15) is 4.31 Å². The number of rotatable bonds is 2. The van der Waals surface area contributed by atoms with Crippen LogP contribution in [0.1, 0.15) is 41.1 Å². The molecule has 6 heterocycles. The van der Waals surface area contributed by atoms with Crippen LogP contribution in [0, 0.1) is 0 Å². The summed E-state index contributed by atoms with van der Waals surface area (Å²) in [7, 11) is -2.14. The first-order valence-electron chi connectivity index (χ1n) is 13.8. The van der Waals surface area contributed by atoms with Gasteiger partial charge in [0.25, 0.3) is 10.0 Å². The van der Waals surface area contributed by atoms with E-state index < -0.39 is 16.1 Å². The van der Waals surface area contributed by atoms with E-state index in [2.05, 4.69) is 10.3 Å². The second kappa shape index (κ2) is 11.4. The van der Waals surface area contributed by atoms with Crippen molar-refractivity contribution in [1.82, 2.24) is 19.2 Å². The molecule has 10 heteroatoms. The van der Waals surface area contributed by atoms with E-state index in [4.69, 9.17) is 9.47 Å². The molecule has 0 fully saturated rings. The van der Waals surface area contributed by atoms with E-state index in [9.17, 15) is 13.2 Å². The number of carbonyl (C=O) groups is 1. The van der Waals surface area contributed by atoms with Crippen LogP contribution in [0.3, 0.4) is 0 Å². The summed E-state index contributed by atoms with van der Waals surface area (Å²) in [6.07, 6.45) is 5.26. The summed E-state index contributed by atoms with van der Waals surface area (Å²) in [6.45, 7) is 1.22. The Bertz CT molecular complexity index is 1670. The fourth-order valence-corrected chi connectivity index (χ4v) is 6.93. The zero-order valence-corrected chi connectivity index (χ0v) is 23.6. The van der Waals surface area contributed by atoms with Gasteiger partial charge in [0.05, 0.1) is 19.0 Å². The molecule has 212 valence electrons. The van der Waals surface area contributed by atoms with Crippen molar-refractivity contribution in [3.05, 3.63) is 102 Å². The minimum Gasteiger partial charge on any atom is -0.494 e. The zero-order chi connectivity index (χ0) is 28.4. The molecule has 3 aromatic carbocycles. The van der Waals surface area contributed by atoms with Crippen molar-refractivity contribution in [2.24, 2.45) is 7.05 Å². The van der Waals surface area contributed by atoms with Gasteiger partial charge < -0.3 is 19.4 Å². The molecule has 9 rings (SSSR count). The predicted molar refractivity (Wildman–Crippen MR) is 153 cm³/mol. The van der Waals surface area contributed by atoms with Crippen molar-refractivity contribution in [3.63, 3.8) is 0 Å². The van der Waals surface area contributed by atoms with Crippen molar-refractivity contribution >= 4 is 15.9 Å². The van der Waals surface area contributed by atoms with Gasteiger partial charge in [-0.05, 0) is 77.9 Å². The molecule has 0 saturated carbocycles. The highest BCUT2D eigenvalue weighted by atomic mass is 32.2. The van der Waals surface area contributed by atoms with Crippen LogP contribution in [0.25, 0.3) is 0 Å². The number of hydrogen-bond donors (Lipinski definition) is 1. The van der Waals surface area contributed by atoms with Gasteiger partial charge in [-0.1, -0.05) is 30.3 Å². The van der Waals surface area contributed by atoms with Crippen molar-refractivity contribution < 1.29 is 22.7 Å². The molecule has 41 heavy (non-hydrogen) atoms. The standard InChI is InChI=1S/C31H32N4O5S/c1-34-20-30(33-21-34)41(37,38)35-16-14-23-18-27-11-12-28(23)31(35)24-4-2-5-26(19-24)39-17-3-15-32-29(36)13-8-22-6-9-25(40-27)10-7-22/h2,4-7,9-12,18-21,31H,3,8,13-17H2,1H3,(H,32,36). The number of sulfonamides is 1. The molecule has 0 radical (unpaired) electrons. The van der Waals surface area contributed by atoms with Crippen LogP contribution >= 0.6 is 0 Å². The van der Waals surface area contributed by atoms with Crippen LogP contribution in [0.5, 0.6) is 17.2 Å². The Balaban J connectivity index is 1.40. The first-order chi connectivity index (χ1) is 19.9. The highest BCUT2D eigenvalue weighted by molar-refractivity contribution is 7.89. The highest BCUT2D eigenvalue weighted by Crippen LogP contribution is 2.41. The third kappa shape index (κ3) is 5.84. The Labute approximate surface area is 239 Å². The quantitative estimate of drug-likeness (QED) is 0.383. The smallest absolute Gasteiger partial charge is 0.262 e. The van der Waals surface area contributed by atoms with E-state index >= 15 is 0 Å². The normalized spacial score (nSPS) is 18.2. The molecule has 1 amide bonds. The summed E-state index contributed by atoms with van der Waals surface area (Å²) >= 11 is 0. The molecule has 9 nitrogen and oxygen atoms in total. The summed E-state index contributed by atoms with van der Waals surface area (Å²) in [5.41, 5.74) is 3.78. The van der Waals surface area contributed by atoms with Crippen molar-refractivity contribution in [2.45, 2.75) is 36.8 Å². The van der Waals surface area contributed by atoms with Crippen LogP contribution < -0.4 is 14.8 Å². The SMILES string of the molecule is Cn1cnc(S(=O)(=O)N2CCc3cc4ccc3C2c2cccc(c2)OCCCNC(=O)CCc2ccc(cc2)O4)c1. The minimum atomic E-state index is -3.89. The minimum absolute atomic E-state index is 0.000960. The Morgan fingerprint density at radius 3 is 2.59 bits per heavy atom. The van der Waals surface area contributed by atoms with Gasteiger partial charge in [-0.15, -0.1) is 0 Å². The number of hydrogen-bond acceptors (Lipinski definition) is 6. The Morgan fingerprint density at radius 2 is 1.78 bits per heavy atom. The van der Waals surface area contributed by atoms with E-state index in [-0.39, 0.29) is 10.9 Å². The molecule has 5 aliphatic heterocycles. The highest BCUT2D eigenvalue weighted by Gasteiger charge is 2.39. The summed E-state index contributed by atoms with van der Waals surface area (Å²) in [5.74, 6) is 2.02. The lowest BCUT2D eigenvalue weighted by Crippen LogP contribution is -2.40. The maximum Gasteiger partial charge on any atom is 0.262 e. The summed E-state index contributed by atoms with van der Waals surface area (Å²) < 4.78 is 43.1.